The quantitative estimate of drug-likeness (QED) is 0.485. The van der Waals surface area contributed by atoms with Gasteiger partial charge >= 0.3 is 5.69 Å². The first-order valence-corrected chi connectivity index (χ1v) is 11.2. The molecular formula is C17H12Cl2N3O6PS-2. The third kappa shape index (κ3) is 5.99. The van der Waals surface area contributed by atoms with Crippen LogP contribution < -0.4 is 20.3 Å². The first kappa shape index (κ1) is 22.6. The van der Waals surface area contributed by atoms with Gasteiger partial charge in [0.2, 0.25) is 4.80 Å². The number of aromatic nitrogens is 2. The zero-order valence-electron chi connectivity index (χ0n) is 14.9. The molecule has 0 bridgehead atoms. The minimum atomic E-state index is -5.35. The highest BCUT2D eigenvalue weighted by Crippen LogP contribution is 2.24. The van der Waals surface area contributed by atoms with E-state index in [0.717, 1.165) is 21.7 Å². The van der Waals surface area contributed by atoms with Gasteiger partial charge < -0.3 is 18.9 Å². The van der Waals surface area contributed by atoms with Crippen molar-refractivity contribution in [3.8, 4) is 0 Å². The smallest absolute Gasteiger partial charge is 0.342 e. The van der Waals surface area contributed by atoms with Crippen LogP contribution in [0.15, 0.2) is 58.3 Å². The number of amides is 1. The van der Waals surface area contributed by atoms with Crippen molar-refractivity contribution >= 4 is 48.5 Å². The number of nitrogens with zero attached hydrogens (tertiary/aromatic N) is 3. The van der Waals surface area contributed by atoms with E-state index in [1.165, 1.54) is 28.2 Å². The fourth-order valence-corrected chi connectivity index (χ4v) is 3.77. The van der Waals surface area contributed by atoms with E-state index < -0.39 is 26.2 Å². The summed E-state index contributed by atoms with van der Waals surface area (Å²) in [6.45, 7) is -0.794. The maximum atomic E-state index is 12.7. The molecule has 30 heavy (non-hydrogen) atoms. The Morgan fingerprint density at radius 3 is 2.20 bits per heavy atom. The summed E-state index contributed by atoms with van der Waals surface area (Å²) in [5, 5.41) is 0.946. The number of benzene rings is 2. The van der Waals surface area contributed by atoms with Crippen molar-refractivity contribution in [2.24, 2.45) is 4.99 Å². The van der Waals surface area contributed by atoms with Gasteiger partial charge in [-0.1, -0.05) is 35.3 Å². The van der Waals surface area contributed by atoms with Crippen LogP contribution in [0.2, 0.25) is 10.0 Å². The second-order valence-electron chi connectivity index (χ2n) is 5.88. The SMILES string of the molecule is O=C(N=c1sn(Cc2ccc(Cl)cc2)c(=O)n1COP(=O)([O-])[O-])c1ccc(Cl)cc1. The van der Waals surface area contributed by atoms with Crippen LogP contribution in [-0.4, -0.2) is 14.4 Å². The Bertz CT molecular complexity index is 1230. The van der Waals surface area contributed by atoms with Crippen molar-refractivity contribution in [2.45, 2.75) is 13.3 Å². The molecule has 0 aliphatic heterocycles. The molecule has 0 atom stereocenters. The molecule has 0 aliphatic rings. The molecule has 1 heterocycles. The molecule has 0 unspecified atom stereocenters. The lowest BCUT2D eigenvalue weighted by Crippen LogP contribution is -2.32. The van der Waals surface area contributed by atoms with Crippen molar-refractivity contribution in [3.63, 3.8) is 0 Å². The van der Waals surface area contributed by atoms with Gasteiger partial charge in [0, 0.05) is 15.6 Å². The highest BCUT2D eigenvalue weighted by atomic mass is 35.5. The number of carbonyl (C=O) groups is 1. The molecule has 3 aromatic rings. The van der Waals surface area contributed by atoms with Crippen LogP contribution >= 0.6 is 42.6 Å². The minimum absolute atomic E-state index is 0.109. The standard InChI is InChI=1S/C17H14Cl2N3O6PS/c18-13-5-1-11(2-6-13)9-22-17(24)21(10-28-29(25,26)27)16(30-22)20-15(23)12-3-7-14(19)8-4-12/h1-8H,9-10H2,(H2,25,26,27)/p-2. The summed E-state index contributed by atoms with van der Waals surface area (Å²) >= 11 is 12.5. The Balaban J connectivity index is 2.01. The summed E-state index contributed by atoms with van der Waals surface area (Å²) in [5.74, 6) is -0.687. The molecule has 0 N–H and O–H groups in total. The summed E-state index contributed by atoms with van der Waals surface area (Å²) in [6, 6.07) is 12.6. The average molecular weight is 488 g/mol. The summed E-state index contributed by atoms with van der Waals surface area (Å²) < 4.78 is 17.1. The molecule has 3 rings (SSSR count). The number of carbonyl (C=O) groups excluding carboxylic acids is 1. The van der Waals surface area contributed by atoms with Gasteiger partial charge in [-0.2, -0.15) is 4.99 Å². The van der Waals surface area contributed by atoms with Gasteiger partial charge in [0.15, 0.2) is 0 Å². The van der Waals surface area contributed by atoms with Crippen molar-refractivity contribution < 1.29 is 23.7 Å². The van der Waals surface area contributed by atoms with E-state index in [0.29, 0.717) is 10.0 Å². The monoisotopic (exact) mass is 487 g/mol. The van der Waals surface area contributed by atoms with Crippen LogP contribution in [0.5, 0.6) is 0 Å². The number of hydrogen-bond acceptors (Lipinski definition) is 7. The Hall–Kier alpha value is -2.04. The molecule has 0 radical (unpaired) electrons. The van der Waals surface area contributed by atoms with Gasteiger partial charge in [0.1, 0.15) is 6.73 Å². The normalized spacial score (nSPS) is 12.3. The predicted molar refractivity (Wildman–Crippen MR) is 107 cm³/mol. The van der Waals surface area contributed by atoms with Gasteiger partial charge in [-0.25, -0.2) is 13.3 Å². The summed E-state index contributed by atoms with van der Waals surface area (Å²) in [4.78, 5) is 50.5. The third-order valence-electron chi connectivity index (χ3n) is 3.74. The highest BCUT2D eigenvalue weighted by Gasteiger charge is 2.13. The van der Waals surface area contributed by atoms with E-state index in [1.807, 2.05) is 0 Å². The van der Waals surface area contributed by atoms with E-state index >= 15 is 0 Å². The molecule has 0 fully saturated rings. The molecule has 9 nitrogen and oxygen atoms in total. The molecule has 0 spiro atoms. The Kier molecular flexibility index (Phi) is 7.10. The van der Waals surface area contributed by atoms with Gasteiger partial charge in [0.25, 0.3) is 5.91 Å². The third-order valence-corrected chi connectivity index (χ3v) is 5.66. The van der Waals surface area contributed by atoms with Crippen LogP contribution in [0.25, 0.3) is 0 Å². The molecule has 0 aliphatic carbocycles. The molecule has 13 heteroatoms. The molecule has 2 aromatic carbocycles. The van der Waals surface area contributed by atoms with Crippen molar-refractivity contribution in [1.82, 2.24) is 8.52 Å². The lowest BCUT2D eigenvalue weighted by atomic mass is 10.2. The fourth-order valence-electron chi connectivity index (χ4n) is 2.32. The number of halogens is 2. The summed E-state index contributed by atoms with van der Waals surface area (Å²) in [5.41, 5.74) is 0.228. The zero-order valence-corrected chi connectivity index (χ0v) is 18.2. The summed E-state index contributed by atoms with van der Waals surface area (Å²) in [6.07, 6.45) is 0. The van der Waals surface area contributed by atoms with E-state index in [9.17, 15) is 23.9 Å². The molecule has 0 saturated carbocycles. The van der Waals surface area contributed by atoms with E-state index in [4.69, 9.17) is 23.2 Å². The van der Waals surface area contributed by atoms with Crippen LogP contribution in [0.4, 0.5) is 0 Å². The largest absolute Gasteiger partial charge is 0.790 e. The molecular weight excluding hydrogens is 476 g/mol. The number of rotatable bonds is 6. The predicted octanol–water partition coefficient (Wildman–Crippen LogP) is 1.61. The average Bonchev–Trinajstić information content (AvgIpc) is 2.96. The van der Waals surface area contributed by atoms with Crippen LogP contribution in [0.3, 0.4) is 0 Å². The van der Waals surface area contributed by atoms with Crippen molar-refractivity contribution in [1.29, 1.82) is 0 Å². The lowest BCUT2D eigenvalue weighted by Gasteiger charge is -2.28. The van der Waals surface area contributed by atoms with Gasteiger partial charge in [-0.05, 0) is 53.5 Å². The lowest BCUT2D eigenvalue weighted by molar-refractivity contribution is -0.344. The maximum Gasteiger partial charge on any atom is 0.342 e. The molecule has 1 amide bonds. The van der Waals surface area contributed by atoms with Gasteiger partial charge in [-0.3, -0.25) is 4.79 Å². The van der Waals surface area contributed by atoms with Gasteiger partial charge in [-0.15, -0.1) is 0 Å². The minimum Gasteiger partial charge on any atom is -0.790 e. The van der Waals surface area contributed by atoms with E-state index in [-0.39, 0.29) is 16.9 Å². The zero-order chi connectivity index (χ0) is 21.9. The molecule has 1 aromatic heterocycles. The number of hydrogen-bond donors (Lipinski definition) is 0. The Morgan fingerprint density at radius 2 is 1.63 bits per heavy atom. The van der Waals surface area contributed by atoms with Crippen LogP contribution in [0, 0.1) is 0 Å². The second-order valence-corrected chi connectivity index (χ2v) is 8.89. The number of phosphoric ester groups is 1. The fraction of sp³-hybridized carbons (Fsp3) is 0.118. The van der Waals surface area contributed by atoms with Crippen molar-refractivity contribution in [3.05, 3.63) is 85.0 Å². The Labute approximate surface area is 183 Å². The van der Waals surface area contributed by atoms with E-state index in [1.54, 1.807) is 24.3 Å². The van der Waals surface area contributed by atoms with E-state index in [2.05, 4.69) is 9.52 Å². The highest BCUT2D eigenvalue weighted by molar-refractivity contribution is 7.43. The topological polar surface area (TPSA) is 129 Å². The first-order chi connectivity index (χ1) is 14.1. The summed E-state index contributed by atoms with van der Waals surface area (Å²) in [7, 11) is -5.35. The molecule has 0 saturated heterocycles. The van der Waals surface area contributed by atoms with Crippen LogP contribution in [0.1, 0.15) is 15.9 Å². The first-order valence-electron chi connectivity index (χ1n) is 8.19. The van der Waals surface area contributed by atoms with Crippen LogP contribution in [-0.2, 0) is 22.4 Å². The molecule has 158 valence electrons. The number of phosphoric acid groups is 1. The van der Waals surface area contributed by atoms with Crippen molar-refractivity contribution in [2.75, 3.05) is 0 Å². The Morgan fingerprint density at radius 1 is 1.07 bits per heavy atom. The maximum absolute atomic E-state index is 12.7. The van der Waals surface area contributed by atoms with Gasteiger partial charge in [0.05, 0.1) is 14.4 Å². The second kappa shape index (κ2) is 9.40.